The second kappa shape index (κ2) is 5.51. The van der Waals surface area contributed by atoms with Gasteiger partial charge in [0.25, 0.3) is 0 Å². The highest BCUT2D eigenvalue weighted by Gasteiger charge is 2.37. The summed E-state index contributed by atoms with van der Waals surface area (Å²) in [7, 11) is 0. The number of aliphatic hydroxyl groups is 1. The Morgan fingerprint density at radius 1 is 1.42 bits per heavy atom. The monoisotopic (exact) mass is 264 g/mol. The molecule has 19 heavy (non-hydrogen) atoms. The molecular formula is C14H24N4O. The van der Waals surface area contributed by atoms with E-state index in [4.69, 9.17) is 5.11 Å². The summed E-state index contributed by atoms with van der Waals surface area (Å²) >= 11 is 0. The van der Waals surface area contributed by atoms with Crippen molar-refractivity contribution in [2.45, 2.75) is 44.7 Å². The van der Waals surface area contributed by atoms with E-state index in [-0.39, 0.29) is 6.61 Å². The average molecular weight is 264 g/mol. The Kier molecular flexibility index (Phi) is 3.75. The zero-order chi connectivity index (χ0) is 13.1. The number of hydrogen-bond donors (Lipinski definition) is 3. The third-order valence-corrected chi connectivity index (χ3v) is 4.71. The highest BCUT2D eigenvalue weighted by molar-refractivity contribution is 5.39. The number of nitrogens with one attached hydrogen (secondary N) is 2. The van der Waals surface area contributed by atoms with Crippen LogP contribution >= 0.6 is 0 Å². The van der Waals surface area contributed by atoms with E-state index in [1.807, 2.05) is 12.4 Å². The molecule has 1 spiro atoms. The van der Waals surface area contributed by atoms with Crippen LogP contribution in [0.5, 0.6) is 0 Å². The van der Waals surface area contributed by atoms with Crippen LogP contribution in [0.15, 0.2) is 12.4 Å². The SMILES string of the molecule is OCCn1cc(N[C@H]2CC[C@@]3(CCNC3)CC2)cn1. The summed E-state index contributed by atoms with van der Waals surface area (Å²) in [6.07, 6.45) is 10.4. The molecule has 2 heterocycles. The Morgan fingerprint density at radius 2 is 2.26 bits per heavy atom. The molecule has 1 saturated heterocycles. The van der Waals surface area contributed by atoms with Gasteiger partial charge in [-0.1, -0.05) is 0 Å². The number of aromatic nitrogens is 2. The lowest BCUT2D eigenvalue weighted by Crippen LogP contribution is -2.34. The van der Waals surface area contributed by atoms with E-state index in [0.717, 1.165) is 5.69 Å². The van der Waals surface area contributed by atoms with E-state index in [0.29, 0.717) is 18.0 Å². The van der Waals surface area contributed by atoms with E-state index < -0.39 is 0 Å². The molecule has 1 saturated carbocycles. The van der Waals surface area contributed by atoms with Crippen LogP contribution in [0.25, 0.3) is 0 Å². The molecule has 1 aliphatic carbocycles. The summed E-state index contributed by atoms with van der Waals surface area (Å²) in [4.78, 5) is 0. The van der Waals surface area contributed by atoms with Crippen LogP contribution in [0.1, 0.15) is 32.1 Å². The van der Waals surface area contributed by atoms with Crippen LogP contribution in [0.2, 0.25) is 0 Å². The predicted octanol–water partition coefficient (Wildman–Crippen LogP) is 1.21. The zero-order valence-electron chi connectivity index (χ0n) is 11.4. The second-order valence-corrected chi connectivity index (χ2v) is 6.06. The van der Waals surface area contributed by atoms with Crippen LogP contribution < -0.4 is 10.6 Å². The topological polar surface area (TPSA) is 62.1 Å². The van der Waals surface area contributed by atoms with Gasteiger partial charge in [-0.05, 0) is 44.1 Å². The van der Waals surface area contributed by atoms with E-state index in [1.165, 1.54) is 45.2 Å². The molecule has 106 valence electrons. The van der Waals surface area contributed by atoms with Crippen molar-refractivity contribution >= 4 is 5.69 Å². The zero-order valence-corrected chi connectivity index (χ0v) is 11.4. The minimum atomic E-state index is 0.139. The van der Waals surface area contributed by atoms with Gasteiger partial charge in [-0.3, -0.25) is 4.68 Å². The Morgan fingerprint density at radius 3 is 2.95 bits per heavy atom. The van der Waals surface area contributed by atoms with Crippen LogP contribution in [-0.2, 0) is 6.54 Å². The maximum absolute atomic E-state index is 8.88. The van der Waals surface area contributed by atoms with E-state index in [2.05, 4.69) is 15.7 Å². The highest BCUT2D eigenvalue weighted by Crippen LogP contribution is 2.41. The fourth-order valence-corrected chi connectivity index (χ4v) is 3.50. The first kappa shape index (κ1) is 12.9. The molecule has 1 aromatic rings. The highest BCUT2D eigenvalue weighted by atomic mass is 16.3. The molecule has 0 radical (unpaired) electrons. The lowest BCUT2D eigenvalue weighted by molar-refractivity contribution is 0.206. The number of rotatable bonds is 4. The average Bonchev–Trinajstić information content (AvgIpc) is 3.04. The molecule has 0 atom stereocenters. The fraction of sp³-hybridized carbons (Fsp3) is 0.786. The number of hydrogen-bond acceptors (Lipinski definition) is 4. The third kappa shape index (κ3) is 2.92. The van der Waals surface area contributed by atoms with Gasteiger partial charge in [0.1, 0.15) is 0 Å². The molecule has 0 amide bonds. The van der Waals surface area contributed by atoms with Crippen molar-refractivity contribution in [3.63, 3.8) is 0 Å². The minimum absolute atomic E-state index is 0.139. The smallest absolute Gasteiger partial charge is 0.0728 e. The molecule has 0 bridgehead atoms. The summed E-state index contributed by atoms with van der Waals surface area (Å²) < 4.78 is 1.79. The van der Waals surface area contributed by atoms with Crippen molar-refractivity contribution < 1.29 is 5.11 Å². The van der Waals surface area contributed by atoms with Crippen molar-refractivity contribution in [2.24, 2.45) is 5.41 Å². The van der Waals surface area contributed by atoms with E-state index in [1.54, 1.807) is 4.68 Å². The fourth-order valence-electron chi connectivity index (χ4n) is 3.50. The van der Waals surface area contributed by atoms with Gasteiger partial charge in [0.15, 0.2) is 0 Å². The van der Waals surface area contributed by atoms with Crippen LogP contribution in [0.3, 0.4) is 0 Å². The molecule has 1 aliphatic heterocycles. The molecular weight excluding hydrogens is 240 g/mol. The van der Waals surface area contributed by atoms with Crippen molar-refractivity contribution in [3.05, 3.63) is 12.4 Å². The van der Waals surface area contributed by atoms with Gasteiger partial charge in [-0.2, -0.15) is 5.10 Å². The van der Waals surface area contributed by atoms with Crippen molar-refractivity contribution in [1.29, 1.82) is 0 Å². The van der Waals surface area contributed by atoms with Gasteiger partial charge in [0.2, 0.25) is 0 Å². The third-order valence-electron chi connectivity index (χ3n) is 4.71. The molecule has 5 heteroatoms. The van der Waals surface area contributed by atoms with Crippen molar-refractivity contribution in [3.8, 4) is 0 Å². The molecule has 2 aliphatic rings. The maximum Gasteiger partial charge on any atom is 0.0728 e. The minimum Gasteiger partial charge on any atom is -0.394 e. The number of aliphatic hydroxyl groups excluding tert-OH is 1. The molecule has 1 aromatic heterocycles. The largest absolute Gasteiger partial charge is 0.394 e. The number of anilines is 1. The lowest BCUT2D eigenvalue weighted by Gasteiger charge is -2.37. The Labute approximate surface area is 114 Å². The quantitative estimate of drug-likeness (QED) is 0.765. The van der Waals surface area contributed by atoms with Gasteiger partial charge in [0.05, 0.1) is 25.0 Å². The molecule has 3 rings (SSSR count). The first-order chi connectivity index (χ1) is 9.30. The first-order valence-electron chi connectivity index (χ1n) is 7.40. The molecule has 3 N–H and O–H groups in total. The van der Waals surface area contributed by atoms with Crippen molar-refractivity contribution in [2.75, 3.05) is 25.0 Å². The van der Waals surface area contributed by atoms with Gasteiger partial charge in [-0.15, -0.1) is 0 Å². The van der Waals surface area contributed by atoms with Crippen molar-refractivity contribution in [1.82, 2.24) is 15.1 Å². The normalized spacial score (nSPS) is 30.9. The summed E-state index contributed by atoms with van der Waals surface area (Å²) in [6, 6.07) is 0.581. The lowest BCUT2D eigenvalue weighted by atomic mass is 9.72. The summed E-state index contributed by atoms with van der Waals surface area (Å²) in [5, 5.41) is 20.2. The van der Waals surface area contributed by atoms with E-state index in [9.17, 15) is 0 Å². The van der Waals surface area contributed by atoms with Crippen LogP contribution in [-0.4, -0.2) is 40.6 Å². The Hall–Kier alpha value is -1.07. The van der Waals surface area contributed by atoms with Crippen LogP contribution in [0, 0.1) is 5.41 Å². The van der Waals surface area contributed by atoms with Gasteiger partial charge in [-0.25, -0.2) is 0 Å². The van der Waals surface area contributed by atoms with Crippen LogP contribution in [0.4, 0.5) is 5.69 Å². The number of nitrogens with zero attached hydrogens (tertiary/aromatic N) is 2. The van der Waals surface area contributed by atoms with E-state index >= 15 is 0 Å². The summed E-state index contributed by atoms with van der Waals surface area (Å²) in [5.41, 5.74) is 1.68. The summed E-state index contributed by atoms with van der Waals surface area (Å²) in [5.74, 6) is 0. The molecule has 2 fully saturated rings. The maximum atomic E-state index is 8.88. The molecule has 5 nitrogen and oxygen atoms in total. The second-order valence-electron chi connectivity index (χ2n) is 6.06. The van der Waals surface area contributed by atoms with Gasteiger partial charge in [0, 0.05) is 18.8 Å². The van der Waals surface area contributed by atoms with Gasteiger partial charge < -0.3 is 15.7 Å². The Bertz CT molecular complexity index is 401. The molecule has 0 aromatic carbocycles. The molecule has 0 unspecified atom stereocenters. The summed E-state index contributed by atoms with van der Waals surface area (Å²) in [6.45, 7) is 3.13. The van der Waals surface area contributed by atoms with Gasteiger partial charge >= 0.3 is 0 Å². The predicted molar refractivity (Wildman–Crippen MR) is 75.1 cm³/mol. The first-order valence-corrected chi connectivity index (χ1v) is 7.40. The Balaban J connectivity index is 1.51. The standard InChI is InChI=1S/C14H24N4O/c19-8-7-18-10-13(9-16-18)17-12-1-3-14(4-2-12)5-6-15-11-14/h9-10,12,15,17,19H,1-8,11H2/t12-,14-.